The highest BCUT2D eigenvalue weighted by Gasteiger charge is 2.38. The number of nitrogens with zero attached hydrogens (tertiary/aromatic N) is 1. The van der Waals surface area contributed by atoms with Crippen LogP contribution in [0.4, 0.5) is 0 Å². The Morgan fingerprint density at radius 3 is 2.24 bits per heavy atom. The third-order valence-corrected chi connectivity index (χ3v) is 7.65. The second kappa shape index (κ2) is 7.06. The van der Waals surface area contributed by atoms with Gasteiger partial charge in [0, 0.05) is 6.04 Å². The minimum atomic E-state index is -3.72. The average molecular weight is 341 g/mol. The molecule has 0 saturated carbocycles. The summed E-state index contributed by atoms with van der Waals surface area (Å²) < 4.78 is 53.9. The van der Waals surface area contributed by atoms with Crippen molar-refractivity contribution < 1.29 is 26.4 Å². The summed E-state index contributed by atoms with van der Waals surface area (Å²) in [5.41, 5.74) is 0. The van der Waals surface area contributed by atoms with Gasteiger partial charge < -0.3 is 4.74 Å². The summed E-state index contributed by atoms with van der Waals surface area (Å²) in [7, 11) is -6.85. The number of esters is 1. The van der Waals surface area contributed by atoms with Crippen LogP contribution in [0.2, 0.25) is 0 Å². The predicted octanol–water partition coefficient (Wildman–Crippen LogP) is 0.167. The molecule has 9 heteroatoms. The van der Waals surface area contributed by atoms with Crippen LogP contribution in [0.15, 0.2) is 0 Å². The normalized spacial score (nSPS) is 19.9. The Balaban J connectivity index is 2.88. The molecule has 0 aromatic rings. The Kier molecular flexibility index (Phi) is 6.18. The maximum absolute atomic E-state index is 12.6. The number of hydrogen-bond donors (Lipinski definition) is 0. The van der Waals surface area contributed by atoms with Crippen LogP contribution in [-0.2, 0) is 29.4 Å². The van der Waals surface area contributed by atoms with Crippen LogP contribution < -0.4 is 0 Å². The molecule has 7 nitrogen and oxygen atoms in total. The Bertz CT molecular complexity index is 553. The maximum atomic E-state index is 12.6. The minimum Gasteiger partial charge on any atom is -0.465 e. The van der Waals surface area contributed by atoms with Gasteiger partial charge in [0.25, 0.3) is 0 Å². The van der Waals surface area contributed by atoms with Crippen molar-refractivity contribution in [1.29, 1.82) is 0 Å². The Morgan fingerprint density at radius 2 is 1.81 bits per heavy atom. The van der Waals surface area contributed by atoms with Crippen molar-refractivity contribution in [3.05, 3.63) is 0 Å². The van der Waals surface area contributed by atoms with Gasteiger partial charge in [0.15, 0.2) is 0 Å². The third-order valence-electron chi connectivity index (χ3n) is 3.42. The van der Waals surface area contributed by atoms with Gasteiger partial charge >= 0.3 is 5.97 Å². The number of hydrogen-bond acceptors (Lipinski definition) is 6. The summed E-state index contributed by atoms with van der Waals surface area (Å²) >= 11 is 0. The van der Waals surface area contributed by atoms with Gasteiger partial charge in [-0.2, -0.15) is 4.31 Å². The molecule has 1 fully saturated rings. The van der Waals surface area contributed by atoms with E-state index in [1.54, 1.807) is 20.8 Å². The molecule has 21 heavy (non-hydrogen) atoms. The van der Waals surface area contributed by atoms with E-state index in [2.05, 4.69) is 0 Å². The van der Waals surface area contributed by atoms with Crippen LogP contribution in [0, 0.1) is 0 Å². The highest BCUT2D eigenvalue weighted by Crippen LogP contribution is 2.23. The van der Waals surface area contributed by atoms with E-state index in [-0.39, 0.29) is 37.5 Å². The molecule has 0 spiro atoms. The van der Waals surface area contributed by atoms with Crippen molar-refractivity contribution in [3.8, 4) is 0 Å². The summed E-state index contributed by atoms with van der Waals surface area (Å²) in [5.74, 6) is -0.844. The molecule has 0 N–H and O–H groups in total. The van der Waals surface area contributed by atoms with Gasteiger partial charge in [0.05, 0.1) is 23.4 Å². The molecular formula is C12H23NO6S2. The lowest BCUT2D eigenvalue weighted by Gasteiger charge is -2.31. The fraction of sp³-hybridized carbons (Fsp3) is 0.917. The Hall–Kier alpha value is -0.670. The Labute approximate surface area is 126 Å². The van der Waals surface area contributed by atoms with Crippen LogP contribution in [0.1, 0.15) is 33.6 Å². The van der Waals surface area contributed by atoms with Crippen LogP contribution in [0.25, 0.3) is 0 Å². The number of rotatable bonds is 6. The van der Waals surface area contributed by atoms with Crippen molar-refractivity contribution in [1.82, 2.24) is 4.31 Å². The highest BCUT2D eigenvalue weighted by molar-refractivity contribution is 7.92. The first-order chi connectivity index (χ1) is 9.60. The van der Waals surface area contributed by atoms with E-state index in [0.717, 1.165) is 4.31 Å². The number of carbonyl (C=O) groups excluding carboxylic acids is 1. The van der Waals surface area contributed by atoms with Crippen molar-refractivity contribution in [2.45, 2.75) is 44.9 Å². The summed E-state index contributed by atoms with van der Waals surface area (Å²) in [6, 6.07) is -0.391. The number of sulfone groups is 1. The minimum absolute atomic E-state index is 0.0801. The predicted molar refractivity (Wildman–Crippen MR) is 79.1 cm³/mol. The molecular weight excluding hydrogens is 318 g/mol. The third kappa shape index (κ3) is 4.93. The lowest BCUT2D eigenvalue weighted by Crippen LogP contribution is -2.47. The van der Waals surface area contributed by atoms with E-state index in [0.29, 0.717) is 0 Å². The van der Waals surface area contributed by atoms with Gasteiger partial charge in [-0.15, -0.1) is 0 Å². The summed E-state index contributed by atoms with van der Waals surface area (Å²) in [6.07, 6.45) is 0.160. The largest absolute Gasteiger partial charge is 0.465 e. The summed E-state index contributed by atoms with van der Waals surface area (Å²) in [5, 5.41) is -0.752. The zero-order valence-corrected chi connectivity index (χ0v) is 14.2. The molecule has 0 aliphatic carbocycles. The average Bonchev–Trinajstić information content (AvgIpc) is 2.35. The zero-order valence-electron chi connectivity index (χ0n) is 12.6. The summed E-state index contributed by atoms with van der Waals surface area (Å²) in [4.78, 5) is 11.6. The van der Waals surface area contributed by atoms with Gasteiger partial charge in [-0.3, -0.25) is 4.79 Å². The van der Waals surface area contributed by atoms with E-state index in [4.69, 9.17) is 4.74 Å². The van der Waals surface area contributed by atoms with E-state index in [1.807, 2.05) is 0 Å². The van der Waals surface area contributed by atoms with Crippen molar-refractivity contribution >= 4 is 25.8 Å². The fourth-order valence-corrected chi connectivity index (χ4v) is 6.14. The molecule has 0 amide bonds. The van der Waals surface area contributed by atoms with Crippen molar-refractivity contribution in [3.63, 3.8) is 0 Å². The molecule has 1 aliphatic heterocycles. The van der Waals surface area contributed by atoms with E-state index in [1.165, 1.54) is 0 Å². The molecule has 1 saturated heterocycles. The van der Waals surface area contributed by atoms with Crippen molar-refractivity contribution in [2.24, 2.45) is 0 Å². The van der Waals surface area contributed by atoms with Gasteiger partial charge in [0.1, 0.15) is 16.4 Å². The first-order valence-electron chi connectivity index (χ1n) is 6.97. The first kappa shape index (κ1) is 18.4. The van der Waals surface area contributed by atoms with E-state index in [9.17, 15) is 21.6 Å². The maximum Gasteiger partial charge on any atom is 0.321 e. The van der Waals surface area contributed by atoms with E-state index >= 15 is 0 Å². The van der Waals surface area contributed by atoms with Gasteiger partial charge in [-0.1, -0.05) is 0 Å². The SMILES string of the molecule is CCOC(=O)CN(C(C)C)S(=O)(=O)C1CCS(=O)(=O)CC1. The monoisotopic (exact) mass is 341 g/mol. The second-order valence-electron chi connectivity index (χ2n) is 5.34. The fourth-order valence-electron chi connectivity index (χ4n) is 2.26. The number of ether oxygens (including phenoxy) is 1. The molecule has 0 atom stereocenters. The first-order valence-corrected chi connectivity index (χ1v) is 10.3. The smallest absolute Gasteiger partial charge is 0.321 e. The lowest BCUT2D eigenvalue weighted by molar-refractivity contribution is -0.143. The second-order valence-corrected chi connectivity index (χ2v) is 9.81. The molecule has 1 rings (SSSR count). The molecule has 124 valence electrons. The van der Waals surface area contributed by atoms with E-state index < -0.39 is 37.1 Å². The molecule has 1 heterocycles. The van der Waals surface area contributed by atoms with Crippen LogP contribution in [-0.4, -0.2) is 63.1 Å². The van der Waals surface area contributed by atoms with Crippen LogP contribution in [0.3, 0.4) is 0 Å². The molecule has 0 bridgehead atoms. The molecule has 1 aliphatic rings. The molecule has 0 unspecified atom stereocenters. The van der Waals surface area contributed by atoms with Gasteiger partial charge in [-0.05, 0) is 33.6 Å². The molecule has 0 aromatic carbocycles. The standard InChI is InChI=1S/C12H23NO6S2/c1-4-19-12(14)9-13(10(2)3)21(17,18)11-5-7-20(15,16)8-6-11/h10-11H,4-9H2,1-3H3. The molecule has 0 aromatic heterocycles. The highest BCUT2D eigenvalue weighted by atomic mass is 32.2. The van der Waals surface area contributed by atoms with Crippen LogP contribution in [0.5, 0.6) is 0 Å². The van der Waals surface area contributed by atoms with Crippen LogP contribution >= 0.6 is 0 Å². The van der Waals surface area contributed by atoms with Crippen molar-refractivity contribution in [2.75, 3.05) is 24.7 Å². The lowest BCUT2D eigenvalue weighted by atomic mass is 10.2. The summed E-state index contributed by atoms with van der Waals surface area (Å²) in [6.45, 7) is 4.86. The number of carbonyl (C=O) groups is 1. The topological polar surface area (TPSA) is 97.8 Å². The zero-order chi connectivity index (χ0) is 16.3. The Morgan fingerprint density at radius 1 is 1.29 bits per heavy atom. The molecule has 0 radical (unpaired) electrons. The van der Waals surface area contributed by atoms with Gasteiger partial charge in [-0.25, -0.2) is 16.8 Å². The quantitative estimate of drug-likeness (QED) is 0.639. The number of sulfonamides is 1. The van der Waals surface area contributed by atoms with Gasteiger partial charge in [0.2, 0.25) is 10.0 Å².